The van der Waals surface area contributed by atoms with Crippen LogP contribution in [-0.4, -0.2) is 57.0 Å². The van der Waals surface area contributed by atoms with E-state index in [0.29, 0.717) is 0 Å². The summed E-state index contributed by atoms with van der Waals surface area (Å²) < 4.78 is 0. The van der Waals surface area contributed by atoms with E-state index < -0.39 is 4.92 Å². The maximum Gasteiger partial charge on any atom is 0.269 e. The third-order valence-corrected chi connectivity index (χ3v) is 5.65. The molecule has 2 heterocycles. The predicted octanol–water partition coefficient (Wildman–Crippen LogP) is 2.81. The molecular weight excluding hydrogens is 364 g/mol. The predicted molar refractivity (Wildman–Crippen MR) is 105 cm³/mol. The van der Waals surface area contributed by atoms with Gasteiger partial charge in [-0.3, -0.25) is 24.8 Å². The molecule has 1 fully saturated rings. The highest BCUT2D eigenvalue weighted by atomic mass is 32.2. The molecule has 1 aliphatic heterocycles. The molecule has 0 saturated carbocycles. The monoisotopic (exact) mass is 386 g/mol. The first kappa shape index (κ1) is 19.3. The van der Waals surface area contributed by atoms with Crippen LogP contribution in [0.3, 0.4) is 0 Å². The zero-order valence-electron chi connectivity index (χ0n) is 15.2. The number of nitro groups is 1. The molecule has 1 aromatic heterocycles. The van der Waals surface area contributed by atoms with Crippen LogP contribution < -0.4 is 0 Å². The highest BCUT2D eigenvalue weighted by Gasteiger charge is 2.25. The van der Waals surface area contributed by atoms with Gasteiger partial charge in [-0.05, 0) is 36.8 Å². The molecule has 0 spiro atoms. The molecule has 0 N–H and O–H groups in total. The number of rotatable bonds is 6. The molecule has 1 aliphatic rings. The molecule has 1 unspecified atom stereocenters. The maximum atomic E-state index is 12.7. The first-order valence-electron chi connectivity index (χ1n) is 8.84. The average molecular weight is 386 g/mol. The van der Waals surface area contributed by atoms with E-state index >= 15 is 0 Å². The quantitative estimate of drug-likeness (QED) is 0.431. The van der Waals surface area contributed by atoms with Crippen LogP contribution in [0, 0.1) is 10.1 Å². The minimum absolute atomic E-state index is 0.0589. The van der Waals surface area contributed by atoms with E-state index in [0.717, 1.165) is 37.6 Å². The summed E-state index contributed by atoms with van der Waals surface area (Å²) in [6.45, 7) is 5.89. The Morgan fingerprint density at radius 3 is 2.37 bits per heavy atom. The second-order valence-corrected chi connectivity index (χ2v) is 7.88. The summed E-state index contributed by atoms with van der Waals surface area (Å²) in [5.74, 6) is 0.113. The second kappa shape index (κ2) is 8.96. The number of piperazine rings is 1. The molecule has 8 heteroatoms. The van der Waals surface area contributed by atoms with Crippen molar-refractivity contribution in [2.24, 2.45) is 0 Å². The Morgan fingerprint density at radius 1 is 1.15 bits per heavy atom. The molecule has 1 saturated heterocycles. The van der Waals surface area contributed by atoms with Gasteiger partial charge in [0.15, 0.2) is 0 Å². The molecule has 7 nitrogen and oxygen atoms in total. The number of carbonyl (C=O) groups is 1. The first-order valence-corrected chi connectivity index (χ1v) is 9.72. The molecule has 1 aromatic carbocycles. The summed E-state index contributed by atoms with van der Waals surface area (Å²) in [5, 5.41) is 10.5. The standard InChI is InChI=1S/C19H22N4O3S/c1-15(27-18-4-2-17(3-5-18)23(25)26)19(24)22-12-10-21(11-13-22)14-16-6-8-20-9-7-16/h2-9,15H,10-14H2,1H3. The van der Waals surface area contributed by atoms with Crippen LogP contribution in [0.25, 0.3) is 0 Å². The van der Waals surface area contributed by atoms with E-state index in [2.05, 4.69) is 9.88 Å². The molecule has 2 aromatic rings. The van der Waals surface area contributed by atoms with Gasteiger partial charge in [0.05, 0.1) is 10.2 Å². The largest absolute Gasteiger partial charge is 0.339 e. The average Bonchev–Trinajstić information content (AvgIpc) is 2.69. The van der Waals surface area contributed by atoms with Gasteiger partial charge in [0, 0.05) is 62.1 Å². The molecule has 142 valence electrons. The third-order valence-electron chi connectivity index (χ3n) is 4.55. The molecule has 1 amide bonds. The molecule has 3 rings (SSSR count). The third kappa shape index (κ3) is 5.27. The Morgan fingerprint density at radius 2 is 1.78 bits per heavy atom. The van der Waals surface area contributed by atoms with Crippen LogP contribution >= 0.6 is 11.8 Å². The fourth-order valence-corrected chi connectivity index (χ4v) is 3.98. The van der Waals surface area contributed by atoms with Crippen molar-refractivity contribution in [1.29, 1.82) is 0 Å². The molecular formula is C19H22N4O3S. The van der Waals surface area contributed by atoms with Crippen molar-refractivity contribution in [3.63, 3.8) is 0 Å². The van der Waals surface area contributed by atoms with Gasteiger partial charge in [-0.15, -0.1) is 11.8 Å². The minimum atomic E-state index is -0.422. The zero-order valence-corrected chi connectivity index (χ0v) is 16.0. The van der Waals surface area contributed by atoms with Crippen molar-refractivity contribution in [3.8, 4) is 0 Å². The number of thioether (sulfide) groups is 1. The SMILES string of the molecule is CC(Sc1ccc([N+](=O)[O-])cc1)C(=O)N1CCN(Cc2ccncc2)CC1. The van der Waals surface area contributed by atoms with E-state index in [1.165, 1.54) is 29.5 Å². The van der Waals surface area contributed by atoms with Crippen molar-refractivity contribution in [2.75, 3.05) is 26.2 Å². The van der Waals surface area contributed by atoms with Gasteiger partial charge in [-0.1, -0.05) is 0 Å². The summed E-state index contributed by atoms with van der Waals surface area (Å²) in [7, 11) is 0. The number of carbonyl (C=O) groups excluding carboxylic acids is 1. The topological polar surface area (TPSA) is 79.6 Å². The van der Waals surface area contributed by atoms with Crippen molar-refractivity contribution in [2.45, 2.75) is 23.6 Å². The Hall–Kier alpha value is -2.45. The molecule has 0 radical (unpaired) electrons. The fourth-order valence-electron chi connectivity index (χ4n) is 3.03. The van der Waals surface area contributed by atoms with Gasteiger partial charge < -0.3 is 4.90 Å². The van der Waals surface area contributed by atoms with Gasteiger partial charge in [-0.25, -0.2) is 0 Å². The van der Waals surface area contributed by atoms with Crippen molar-refractivity contribution < 1.29 is 9.72 Å². The Labute approximate surface area is 162 Å². The van der Waals surface area contributed by atoms with Gasteiger partial charge >= 0.3 is 0 Å². The molecule has 0 bridgehead atoms. The van der Waals surface area contributed by atoms with Gasteiger partial charge in [0.25, 0.3) is 5.69 Å². The number of pyridine rings is 1. The normalized spacial score (nSPS) is 16.1. The number of hydrogen-bond donors (Lipinski definition) is 0. The maximum absolute atomic E-state index is 12.7. The van der Waals surface area contributed by atoms with Crippen LogP contribution in [0.2, 0.25) is 0 Å². The van der Waals surface area contributed by atoms with Crippen molar-refractivity contribution >= 4 is 23.4 Å². The number of benzene rings is 1. The fraction of sp³-hybridized carbons (Fsp3) is 0.368. The Balaban J connectivity index is 1.48. The number of hydrogen-bond acceptors (Lipinski definition) is 6. The lowest BCUT2D eigenvalue weighted by Crippen LogP contribution is -2.50. The number of aromatic nitrogens is 1. The summed E-state index contributed by atoms with van der Waals surface area (Å²) in [4.78, 5) is 32.2. The first-order chi connectivity index (χ1) is 13.0. The Bertz CT molecular complexity index is 777. The van der Waals surface area contributed by atoms with Crippen LogP contribution in [0.15, 0.2) is 53.7 Å². The highest BCUT2D eigenvalue weighted by molar-refractivity contribution is 8.00. The summed E-state index contributed by atoms with van der Waals surface area (Å²) in [5.41, 5.74) is 1.29. The van der Waals surface area contributed by atoms with E-state index in [1.54, 1.807) is 24.5 Å². The van der Waals surface area contributed by atoms with E-state index in [4.69, 9.17) is 0 Å². The smallest absolute Gasteiger partial charge is 0.269 e. The molecule has 27 heavy (non-hydrogen) atoms. The minimum Gasteiger partial charge on any atom is -0.339 e. The lowest BCUT2D eigenvalue weighted by atomic mass is 10.2. The Kier molecular flexibility index (Phi) is 6.41. The van der Waals surface area contributed by atoms with E-state index in [1.807, 2.05) is 24.0 Å². The lowest BCUT2D eigenvalue weighted by Gasteiger charge is -2.35. The summed E-state index contributed by atoms with van der Waals surface area (Å²) in [6.07, 6.45) is 3.60. The molecule has 0 aliphatic carbocycles. The van der Waals surface area contributed by atoms with Crippen LogP contribution in [0.4, 0.5) is 5.69 Å². The number of nitrogens with zero attached hydrogens (tertiary/aromatic N) is 4. The van der Waals surface area contributed by atoms with Gasteiger partial charge in [0.2, 0.25) is 5.91 Å². The van der Waals surface area contributed by atoms with Gasteiger partial charge in [-0.2, -0.15) is 0 Å². The highest BCUT2D eigenvalue weighted by Crippen LogP contribution is 2.26. The lowest BCUT2D eigenvalue weighted by molar-refractivity contribution is -0.384. The van der Waals surface area contributed by atoms with Crippen LogP contribution in [0.5, 0.6) is 0 Å². The zero-order chi connectivity index (χ0) is 19.2. The summed E-state index contributed by atoms with van der Waals surface area (Å²) in [6, 6.07) is 10.4. The van der Waals surface area contributed by atoms with E-state index in [9.17, 15) is 14.9 Å². The number of amides is 1. The number of non-ortho nitro benzene ring substituents is 1. The van der Waals surface area contributed by atoms with E-state index in [-0.39, 0.29) is 16.8 Å². The van der Waals surface area contributed by atoms with Crippen LogP contribution in [0.1, 0.15) is 12.5 Å². The van der Waals surface area contributed by atoms with Crippen molar-refractivity contribution in [1.82, 2.24) is 14.8 Å². The van der Waals surface area contributed by atoms with Crippen molar-refractivity contribution in [3.05, 3.63) is 64.5 Å². The molecule has 1 atom stereocenters. The number of nitro benzene ring substituents is 1. The van der Waals surface area contributed by atoms with Gasteiger partial charge in [0.1, 0.15) is 0 Å². The summed E-state index contributed by atoms with van der Waals surface area (Å²) >= 11 is 1.43. The second-order valence-electron chi connectivity index (χ2n) is 6.47. The van der Waals surface area contributed by atoms with Crippen LogP contribution in [-0.2, 0) is 11.3 Å².